The van der Waals surface area contributed by atoms with E-state index in [-0.39, 0.29) is 13.3 Å². The molecular formula is C33H45N3O2. The smallest absolute Gasteiger partial charge is 0.220 e. The Hall–Kier alpha value is -3.70. The van der Waals surface area contributed by atoms with Gasteiger partial charge in [-0.05, 0) is 73.5 Å². The van der Waals surface area contributed by atoms with Gasteiger partial charge in [-0.3, -0.25) is 4.79 Å². The third kappa shape index (κ3) is 8.70. The van der Waals surface area contributed by atoms with Gasteiger partial charge in [-0.1, -0.05) is 82.5 Å². The number of hydrogen-bond acceptors (Lipinski definition) is 4. The summed E-state index contributed by atoms with van der Waals surface area (Å²) in [6.45, 7) is 15.0. The second-order valence-corrected chi connectivity index (χ2v) is 9.11. The molecule has 4 rings (SSSR count). The van der Waals surface area contributed by atoms with E-state index in [1.807, 2.05) is 50.3 Å². The molecule has 1 fully saturated rings. The fraction of sp³-hybridized carbons (Fsp3) is 0.333. The first-order valence-electron chi connectivity index (χ1n) is 13.5. The molecule has 1 aliphatic carbocycles. The van der Waals surface area contributed by atoms with Crippen LogP contribution < -0.4 is 16.2 Å². The van der Waals surface area contributed by atoms with E-state index in [1.165, 1.54) is 5.56 Å². The lowest BCUT2D eigenvalue weighted by Crippen LogP contribution is -2.35. The number of hydrogen-bond donors (Lipinski definition) is 2. The third-order valence-corrected chi connectivity index (χ3v) is 6.38. The fourth-order valence-corrected chi connectivity index (χ4v) is 4.25. The van der Waals surface area contributed by atoms with E-state index < -0.39 is 0 Å². The van der Waals surface area contributed by atoms with Crippen LogP contribution in [0.5, 0.6) is 5.75 Å². The zero-order valence-corrected chi connectivity index (χ0v) is 23.2. The molecule has 3 aromatic rings. The maximum Gasteiger partial charge on any atom is 0.220 e. The van der Waals surface area contributed by atoms with Crippen LogP contribution in [0.4, 0.5) is 0 Å². The van der Waals surface area contributed by atoms with Crippen LogP contribution in [0.3, 0.4) is 0 Å². The number of para-hydroxylation sites is 1. The molecule has 0 radical (unpaired) electrons. The van der Waals surface area contributed by atoms with Crippen LogP contribution in [0.1, 0.15) is 58.3 Å². The first-order chi connectivity index (χ1) is 18.5. The molecule has 204 valence electrons. The van der Waals surface area contributed by atoms with Crippen molar-refractivity contribution in [1.29, 1.82) is 0 Å². The average Bonchev–Trinajstić information content (AvgIpc) is 2.93. The minimum absolute atomic E-state index is 0. The van der Waals surface area contributed by atoms with Crippen LogP contribution in [-0.2, 0) is 17.8 Å². The van der Waals surface area contributed by atoms with Crippen LogP contribution in [0.25, 0.3) is 16.5 Å². The number of ether oxygens (including phenoxy) is 1. The molecule has 4 N–H and O–H groups in total. The van der Waals surface area contributed by atoms with Crippen molar-refractivity contribution in [1.82, 2.24) is 4.98 Å². The molecule has 1 saturated carbocycles. The van der Waals surface area contributed by atoms with Crippen molar-refractivity contribution in [2.24, 2.45) is 23.3 Å². The number of aromatic nitrogens is 1. The molecule has 1 aliphatic rings. The summed E-state index contributed by atoms with van der Waals surface area (Å²) in [6.07, 6.45) is 9.30. The van der Waals surface area contributed by atoms with E-state index in [2.05, 4.69) is 44.3 Å². The molecule has 0 spiro atoms. The molecule has 0 aliphatic heterocycles. The molecule has 38 heavy (non-hydrogen) atoms. The number of pyridine rings is 1. The van der Waals surface area contributed by atoms with Crippen LogP contribution >= 0.6 is 0 Å². The van der Waals surface area contributed by atoms with Crippen molar-refractivity contribution in [2.45, 2.75) is 53.1 Å². The van der Waals surface area contributed by atoms with Crippen LogP contribution in [0.2, 0.25) is 0 Å². The summed E-state index contributed by atoms with van der Waals surface area (Å²) in [5, 5.41) is 1.07. The van der Waals surface area contributed by atoms with Gasteiger partial charge in [0.1, 0.15) is 12.4 Å². The molecule has 0 saturated heterocycles. The van der Waals surface area contributed by atoms with Crippen LogP contribution in [0, 0.1) is 11.8 Å². The number of carbonyl (C=O) groups excluding carboxylic acids is 1. The van der Waals surface area contributed by atoms with E-state index in [0.29, 0.717) is 12.5 Å². The Morgan fingerprint density at radius 2 is 1.79 bits per heavy atom. The Labute approximate surface area is 229 Å². The lowest BCUT2D eigenvalue weighted by Gasteiger charge is -2.33. The minimum atomic E-state index is -0.169. The highest BCUT2D eigenvalue weighted by Crippen LogP contribution is 2.36. The molecule has 5 nitrogen and oxygen atoms in total. The molecule has 0 unspecified atom stereocenters. The predicted molar refractivity (Wildman–Crippen MR) is 163 cm³/mol. The number of nitrogens with zero attached hydrogens (tertiary/aromatic N) is 1. The minimum Gasteiger partial charge on any atom is -0.489 e. The van der Waals surface area contributed by atoms with Crippen molar-refractivity contribution >= 4 is 22.4 Å². The van der Waals surface area contributed by atoms with Crippen molar-refractivity contribution in [3.63, 3.8) is 0 Å². The van der Waals surface area contributed by atoms with Gasteiger partial charge in [0.2, 0.25) is 5.91 Å². The molecule has 1 aromatic heterocycles. The van der Waals surface area contributed by atoms with Gasteiger partial charge in [0.05, 0.1) is 11.2 Å². The Balaban J connectivity index is 0.000000997. The Morgan fingerprint density at radius 1 is 1.13 bits per heavy atom. The summed E-state index contributed by atoms with van der Waals surface area (Å²) in [7, 11) is 0. The number of amides is 1. The van der Waals surface area contributed by atoms with Gasteiger partial charge in [-0.2, -0.15) is 0 Å². The highest BCUT2D eigenvalue weighted by Gasteiger charge is 2.32. The van der Waals surface area contributed by atoms with Crippen LogP contribution in [-0.4, -0.2) is 17.4 Å². The zero-order chi connectivity index (χ0) is 27.9. The molecule has 5 heteroatoms. The zero-order valence-electron chi connectivity index (χ0n) is 23.2. The van der Waals surface area contributed by atoms with Gasteiger partial charge in [0.25, 0.3) is 0 Å². The Kier molecular flexibility index (Phi) is 13.0. The number of carbonyl (C=O) groups is 1. The number of allylic oxidation sites excluding steroid dienone is 4. The largest absolute Gasteiger partial charge is 0.489 e. The number of nitrogens with two attached hydrogens (primary N) is 2. The average molecular weight is 516 g/mol. The summed E-state index contributed by atoms with van der Waals surface area (Å²) in [4.78, 5) is 16.0. The Bertz CT molecular complexity index is 1210. The van der Waals surface area contributed by atoms with E-state index in [9.17, 15) is 4.79 Å². The highest BCUT2D eigenvalue weighted by atomic mass is 16.5. The maximum atomic E-state index is 11.2. The van der Waals surface area contributed by atoms with E-state index in [0.717, 1.165) is 65.7 Å². The predicted octanol–water partition coefficient (Wildman–Crippen LogP) is 7.25. The van der Waals surface area contributed by atoms with Gasteiger partial charge < -0.3 is 16.2 Å². The molecule has 0 bridgehead atoms. The summed E-state index contributed by atoms with van der Waals surface area (Å²) in [5.41, 5.74) is 15.4. The number of rotatable bonds is 10. The molecule has 2 aromatic carbocycles. The summed E-state index contributed by atoms with van der Waals surface area (Å²) in [5.74, 6) is 1.26. The van der Waals surface area contributed by atoms with E-state index in [4.69, 9.17) is 21.2 Å². The third-order valence-electron chi connectivity index (χ3n) is 6.38. The quantitative estimate of drug-likeness (QED) is 0.278. The van der Waals surface area contributed by atoms with Gasteiger partial charge in [-0.15, -0.1) is 0 Å². The molecule has 0 atom stereocenters. The SMILES string of the molecule is C=C/C=C(\C=C)c1cc(COc2ccc(CC3CC(C(N)=O)C3)cc2)c2ccccc2n1.CC.CCCN.[HH]. The summed E-state index contributed by atoms with van der Waals surface area (Å²) in [6, 6.07) is 18.4. The summed E-state index contributed by atoms with van der Waals surface area (Å²) >= 11 is 0. The van der Waals surface area contributed by atoms with E-state index in [1.54, 1.807) is 12.2 Å². The van der Waals surface area contributed by atoms with Gasteiger partial charge >= 0.3 is 0 Å². The topological polar surface area (TPSA) is 91.2 Å². The van der Waals surface area contributed by atoms with Gasteiger partial charge in [-0.25, -0.2) is 4.98 Å². The first kappa shape index (κ1) is 30.5. The normalized spacial score (nSPS) is 16.2. The van der Waals surface area contributed by atoms with Gasteiger partial charge in [0, 0.05) is 18.3 Å². The Morgan fingerprint density at radius 3 is 2.37 bits per heavy atom. The van der Waals surface area contributed by atoms with E-state index >= 15 is 0 Å². The fourth-order valence-electron chi connectivity index (χ4n) is 4.25. The second-order valence-electron chi connectivity index (χ2n) is 9.11. The molecule has 1 amide bonds. The van der Waals surface area contributed by atoms with Crippen molar-refractivity contribution < 1.29 is 11.0 Å². The van der Waals surface area contributed by atoms with Crippen molar-refractivity contribution in [3.8, 4) is 5.75 Å². The number of fused-ring (bicyclic) bond motifs is 1. The second kappa shape index (κ2) is 16.2. The van der Waals surface area contributed by atoms with Gasteiger partial charge in [0.15, 0.2) is 0 Å². The van der Waals surface area contributed by atoms with Crippen LogP contribution in [0.15, 0.2) is 86.0 Å². The number of primary amides is 1. The van der Waals surface area contributed by atoms with Crippen molar-refractivity contribution in [3.05, 3.63) is 103 Å². The first-order valence-corrected chi connectivity index (χ1v) is 13.5. The standard InChI is InChI=1S/C28H28N2O2.C3H9N.C2H6.H2/c1-3-7-21(4-2)27-17-23(25-8-5-6-9-26(25)30-27)18-32-24-12-10-19(11-13-24)14-20-15-22(16-20)28(29)31;1-2-3-4;1-2;/h3-13,17,20,22H,1-2,14-16,18H2,(H2,29,31);2-4H2,1H3;1-2H3;1H/b21-7+;;;. The monoisotopic (exact) mass is 515 g/mol. The lowest BCUT2D eigenvalue weighted by atomic mass is 9.72. The van der Waals surface area contributed by atoms with Crippen molar-refractivity contribution in [2.75, 3.05) is 6.54 Å². The number of benzene rings is 2. The maximum absolute atomic E-state index is 11.2. The lowest BCUT2D eigenvalue weighted by molar-refractivity contribution is -0.125. The molecule has 1 heterocycles. The molecular weight excluding hydrogens is 470 g/mol. The summed E-state index contributed by atoms with van der Waals surface area (Å²) < 4.78 is 6.12. The highest BCUT2D eigenvalue weighted by molar-refractivity contribution is 5.86.